The molecule has 2 rings (SSSR count). The van der Waals surface area contributed by atoms with Crippen LogP contribution in [0.2, 0.25) is 0 Å². The maximum Gasteiger partial charge on any atom is 0.307 e. The Kier molecular flexibility index (Phi) is 3.01. The number of nitrogens with one attached hydrogen (secondary N) is 1. The molecule has 0 amide bonds. The molecule has 0 bridgehead atoms. The molecule has 0 aromatic carbocycles. The maximum absolute atomic E-state index is 10.5. The average Bonchev–Trinajstić information content (AvgIpc) is 2.67. The summed E-state index contributed by atoms with van der Waals surface area (Å²) in [6, 6.07) is 0.376. The second kappa shape index (κ2) is 4.44. The molecule has 1 atom stereocenters. The number of nitrogens with zero attached hydrogens (tertiary/aromatic N) is 2. The van der Waals surface area contributed by atoms with Gasteiger partial charge in [0.25, 0.3) is 0 Å². The Morgan fingerprint density at radius 1 is 1.73 bits per heavy atom. The summed E-state index contributed by atoms with van der Waals surface area (Å²) in [6.45, 7) is 1.99. The molecule has 1 fully saturated rings. The molecule has 1 saturated heterocycles. The average molecular weight is 209 g/mol. The molecule has 0 saturated carbocycles. The molecule has 5 nitrogen and oxygen atoms in total. The lowest BCUT2D eigenvalue weighted by Gasteiger charge is -2.22. The standard InChI is InChI=1S/C10H15N3O2/c14-10(15)4-8-5-12-13(7-8)9-2-1-3-11-6-9/h5,7,9,11H,1-4,6H2,(H,14,15). The van der Waals surface area contributed by atoms with Crippen LogP contribution in [-0.4, -0.2) is 33.9 Å². The Hall–Kier alpha value is -1.36. The van der Waals surface area contributed by atoms with Crippen molar-refractivity contribution in [1.29, 1.82) is 0 Å². The highest BCUT2D eigenvalue weighted by atomic mass is 16.4. The largest absolute Gasteiger partial charge is 0.481 e. The molecular weight excluding hydrogens is 194 g/mol. The van der Waals surface area contributed by atoms with Gasteiger partial charge in [-0.25, -0.2) is 0 Å². The van der Waals surface area contributed by atoms with E-state index in [2.05, 4.69) is 10.4 Å². The normalized spacial score (nSPS) is 21.5. The van der Waals surface area contributed by atoms with E-state index in [0.717, 1.165) is 31.5 Å². The van der Waals surface area contributed by atoms with Crippen molar-refractivity contribution in [2.24, 2.45) is 0 Å². The Bertz CT molecular complexity index is 342. The molecule has 0 spiro atoms. The van der Waals surface area contributed by atoms with Gasteiger partial charge in [-0.1, -0.05) is 0 Å². The van der Waals surface area contributed by atoms with Crippen molar-refractivity contribution in [2.45, 2.75) is 25.3 Å². The lowest BCUT2D eigenvalue weighted by atomic mass is 10.1. The summed E-state index contributed by atoms with van der Waals surface area (Å²) < 4.78 is 1.88. The van der Waals surface area contributed by atoms with Crippen molar-refractivity contribution in [3.63, 3.8) is 0 Å². The Balaban J connectivity index is 2.02. The quantitative estimate of drug-likeness (QED) is 0.757. The van der Waals surface area contributed by atoms with Crippen LogP contribution < -0.4 is 5.32 Å². The van der Waals surface area contributed by atoms with Gasteiger partial charge in [0.1, 0.15) is 0 Å². The second-order valence-electron chi connectivity index (χ2n) is 3.90. The zero-order valence-electron chi connectivity index (χ0n) is 8.52. The predicted octanol–water partition coefficient (Wildman–Crippen LogP) is 0.435. The maximum atomic E-state index is 10.5. The topological polar surface area (TPSA) is 67.1 Å². The first-order chi connectivity index (χ1) is 7.25. The molecule has 1 aliphatic heterocycles. The van der Waals surface area contributed by atoms with Crippen LogP contribution in [0.25, 0.3) is 0 Å². The smallest absolute Gasteiger partial charge is 0.307 e. The van der Waals surface area contributed by atoms with E-state index in [1.165, 1.54) is 0 Å². The van der Waals surface area contributed by atoms with Gasteiger partial charge < -0.3 is 10.4 Å². The van der Waals surface area contributed by atoms with Crippen LogP contribution in [0.4, 0.5) is 0 Å². The Labute approximate surface area is 88.1 Å². The number of piperidine rings is 1. The Morgan fingerprint density at radius 2 is 2.60 bits per heavy atom. The van der Waals surface area contributed by atoms with Crippen LogP contribution in [0.1, 0.15) is 24.4 Å². The number of carboxylic acids is 1. The van der Waals surface area contributed by atoms with Gasteiger partial charge in [-0.2, -0.15) is 5.10 Å². The van der Waals surface area contributed by atoms with E-state index in [-0.39, 0.29) is 6.42 Å². The highest BCUT2D eigenvalue weighted by molar-refractivity contribution is 5.69. The fourth-order valence-corrected chi connectivity index (χ4v) is 1.90. The van der Waals surface area contributed by atoms with Gasteiger partial charge in [0.15, 0.2) is 0 Å². The van der Waals surface area contributed by atoms with Gasteiger partial charge in [-0.15, -0.1) is 0 Å². The molecule has 2 heterocycles. The first kappa shape index (κ1) is 10.2. The zero-order valence-corrected chi connectivity index (χ0v) is 8.52. The van der Waals surface area contributed by atoms with Crippen LogP contribution in [0.3, 0.4) is 0 Å². The molecule has 5 heteroatoms. The molecule has 82 valence electrons. The molecule has 1 aromatic rings. The third-order valence-corrected chi connectivity index (χ3v) is 2.66. The van der Waals surface area contributed by atoms with Gasteiger partial charge in [0, 0.05) is 18.3 Å². The number of rotatable bonds is 3. The summed E-state index contributed by atoms with van der Waals surface area (Å²) in [5.41, 5.74) is 0.771. The highest BCUT2D eigenvalue weighted by Crippen LogP contribution is 2.16. The van der Waals surface area contributed by atoms with E-state index in [4.69, 9.17) is 5.11 Å². The van der Waals surface area contributed by atoms with E-state index in [1.807, 2.05) is 10.9 Å². The SMILES string of the molecule is O=C(O)Cc1cnn(C2CCCNC2)c1. The van der Waals surface area contributed by atoms with Gasteiger partial charge in [-0.3, -0.25) is 9.48 Å². The molecule has 1 aromatic heterocycles. The van der Waals surface area contributed by atoms with Gasteiger partial charge in [-0.05, 0) is 19.4 Å². The minimum absolute atomic E-state index is 0.0557. The lowest BCUT2D eigenvalue weighted by molar-refractivity contribution is -0.136. The molecule has 0 radical (unpaired) electrons. The minimum Gasteiger partial charge on any atom is -0.481 e. The van der Waals surface area contributed by atoms with Gasteiger partial charge >= 0.3 is 5.97 Å². The molecule has 0 aliphatic carbocycles. The van der Waals surface area contributed by atoms with Crippen molar-refractivity contribution in [2.75, 3.05) is 13.1 Å². The van der Waals surface area contributed by atoms with Crippen molar-refractivity contribution in [3.8, 4) is 0 Å². The van der Waals surface area contributed by atoms with Gasteiger partial charge in [0.05, 0.1) is 18.7 Å². The number of aromatic nitrogens is 2. The van der Waals surface area contributed by atoms with Crippen LogP contribution in [0.5, 0.6) is 0 Å². The van der Waals surface area contributed by atoms with E-state index >= 15 is 0 Å². The highest BCUT2D eigenvalue weighted by Gasteiger charge is 2.15. The predicted molar refractivity (Wildman–Crippen MR) is 54.7 cm³/mol. The van der Waals surface area contributed by atoms with Crippen molar-refractivity contribution >= 4 is 5.97 Å². The molecule has 15 heavy (non-hydrogen) atoms. The summed E-state index contributed by atoms with van der Waals surface area (Å²) in [7, 11) is 0. The van der Waals surface area contributed by atoms with E-state index in [1.54, 1.807) is 6.20 Å². The summed E-state index contributed by atoms with van der Waals surface area (Å²) in [4.78, 5) is 10.5. The number of hydrogen-bond acceptors (Lipinski definition) is 3. The van der Waals surface area contributed by atoms with E-state index in [0.29, 0.717) is 6.04 Å². The molecule has 1 aliphatic rings. The van der Waals surface area contributed by atoms with E-state index < -0.39 is 5.97 Å². The summed E-state index contributed by atoms with van der Waals surface area (Å²) in [6.07, 6.45) is 5.80. The molecular formula is C10H15N3O2. The van der Waals surface area contributed by atoms with Crippen molar-refractivity contribution in [1.82, 2.24) is 15.1 Å². The van der Waals surface area contributed by atoms with Crippen molar-refractivity contribution in [3.05, 3.63) is 18.0 Å². The molecule has 2 N–H and O–H groups in total. The summed E-state index contributed by atoms with van der Waals surface area (Å²) in [5.74, 6) is -0.809. The number of hydrogen-bond donors (Lipinski definition) is 2. The second-order valence-corrected chi connectivity index (χ2v) is 3.90. The Morgan fingerprint density at radius 3 is 3.27 bits per heavy atom. The number of aliphatic carboxylic acids is 1. The lowest BCUT2D eigenvalue weighted by Crippen LogP contribution is -2.31. The number of carbonyl (C=O) groups is 1. The first-order valence-corrected chi connectivity index (χ1v) is 5.21. The third-order valence-electron chi connectivity index (χ3n) is 2.66. The minimum atomic E-state index is -0.809. The fraction of sp³-hybridized carbons (Fsp3) is 0.600. The fourth-order valence-electron chi connectivity index (χ4n) is 1.90. The van der Waals surface area contributed by atoms with Crippen LogP contribution in [0, 0.1) is 0 Å². The molecule has 1 unspecified atom stereocenters. The first-order valence-electron chi connectivity index (χ1n) is 5.21. The summed E-state index contributed by atoms with van der Waals surface area (Å²) in [5, 5.41) is 16.1. The van der Waals surface area contributed by atoms with E-state index in [9.17, 15) is 4.79 Å². The van der Waals surface area contributed by atoms with Crippen LogP contribution in [-0.2, 0) is 11.2 Å². The monoisotopic (exact) mass is 209 g/mol. The summed E-state index contributed by atoms with van der Waals surface area (Å²) >= 11 is 0. The third kappa shape index (κ3) is 2.56. The number of carboxylic acid groups (broad SMARTS) is 1. The zero-order chi connectivity index (χ0) is 10.7. The van der Waals surface area contributed by atoms with Gasteiger partial charge in [0.2, 0.25) is 0 Å². The van der Waals surface area contributed by atoms with Crippen molar-refractivity contribution < 1.29 is 9.90 Å². The van der Waals surface area contributed by atoms with Crippen LogP contribution >= 0.6 is 0 Å². The van der Waals surface area contributed by atoms with Crippen LogP contribution in [0.15, 0.2) is 12.4 Å².